The summed E-state index contributed by atoms with van der Waals surface area (Å²) in [6.45, 7) is 7.67. The molecule has 0 saturated carbocycles. The number of aromatic hydroxyl groups is 1. The van der Waals surface area contributed by atoms with Gasteiger partial charge in [0.15, 0.2) is 11.5 Å². The maximum atomic E-state index is 13.5. The molecule has 2 rings (SSSR count). The Hall–Kier alpha value is -2.14. The van der Waals surface area contributed by atoms with E-state index in [9.17, 15) is 9.67 Å². The molecule has 1 heterocycles. The van der Waals surface area contributed by atoms with Crippen molar-refractivity contribution in [3.05, 3.63) is 52.8 Å². The number of rotatable bonds is 8. The van der Waals surface area contributed by atoms with Crippen molar-refractivity contribution in [1.29, 1.82) is 0 Å². The summed E-state index contributed by atoms with van der Waals surface area (Å²) < 4.78 is 29.8. The van der Waals surface area contributed by atoms with E-state index in [0.29, 0.717) is 27.8 Å². The standard InChI is InChI=1S/C20H26NO5P/c1-6-25-27(23,26-7-2)19(17-9-8-15(4)21-13-17)12-16-10-14(3)20(22)18(11-16)24-5/h8-13,22H,6-7H2,1-5H3/b19-12+. The van der Waals surface area contributed by atoms with Gasteiger partial charge in [-0.3, -0.25) is 9.55 Å². The molecule has 2 aromatic rings. The second-order valence-electron chi connectivity index (χ2n) is 5.94. The summed E-state index contributed by atoms with van der Waals surface area (Å²) in [7, 11) is -2.08. The molecule has 0 radical (unpaired) electrons. The van der Waals surface area contributed by atoms with E-state index >= 15 is 0 Å². The van der Waals surface area contributed by atoms with E-state index in [-0.39, 0.29) is 19.0 Å². The molecule has 1 aromatic heterocycles. The number of ether oxygens (including phenoxy) is 1. The van der Waals surface area contributed by atoms with Crippen LogP contribution in [-0.4, -0.2) is 30.4 Å². The van der Waals surface area contributed by atoms with Crippen LogP contribution in [0, 0.1) is 13.8 Å². The summed E-state index contributed by atoms with van der Waals surface area (Å²) in [5.74, 6) is 0.413. The SMILES string of the molecule is CCOP(=O)(OCC)/C(=C/c1cc(C)c(O)c(OC)c1)c1ccc(C)nc1. The highest BCUT2D eigenvalue weighted by atomic mass is 31.2. The Morgan fingerprint density at radius 2 is 1.85 bits per heavy atom. The summed E-state index contributed by atoms with van der Waals surface area (Å²) in [5, 5.41) is 10.5. The van der Waals surface area contributed by atoms with E-state index in [1.54, 1.807) is 45.2 Å². The zero-order chi connectivity index (χ0) is 20.0. The molecule has 0 bridgehead atoms. The van der Waals surface area contributed by atoms with Crippen molar-refractivity contribution in [1.82, 2.24) is 4.98 Å². The van der Waals surface area contributed by atoms with Crippen molar-refractivity contribution in [2.45, 2.75) is 27.7 Å². The van der Waals surface area contributed by atoms with Gasteiger partial charge in [0.1, 0.15) is 0 Å². The summed E-state index contributed by atoms with van der Waals surface area (Å²) in [5.41, 5.74) is 2.85. The van der Waals surface area contributed by atoms with Crippen molar-refractivity contribution in [2.75, 3.05) is 20.3 Å². The smallest absolute Gasteiger partial charge is 0.361 e. The van der Waals surface area contributed by atoms with Crippen molar-refractivity contribution >= 4 is 19.0 Å². The third-order valence-corrected chi connectivity index (χ3v) is 6.09. The average molecular weight is 391 g/mol. The van der Waals surface area contributed by atoms with Crippen molar-refractivity contribution < 1.29 is 23.5 Å². The van der Waals surface area contributed by atoms with Crippen LogP contribution in [-0.2, 0) is 13.6 Å². The van der Waals surface area contributed by atoms with Crippen LogP contribution in [0.3, 0.4) is 0 Å². The number of methoxy groups -OCH3 is 1. The number of hydrogen-bond acceptors (Lipinski definition) is 6. The van der Waals surface area contributed by atoms with Gasteiger partial charge in [-0.05, 0) is 63.1 Å². The third-order valence-electron chi connectivity index (χ3n) is 3.91. The number of benzene rings is 1. The fraction of sp³-hybridized carbons (Fsp3) is 0.350. The molecule has 1 N–H and O–H groups in total. The van der Waals surface area contributed by atoms with Crippen LogP contribution in [0.2, 0.25) is 0 Å². The van der Waals surface area contributed by atoms with Crippen LogP contribution in [0.25, 0.3) is 11.4 Å². The molecule has 0 fully saturated rings. The minimum atomic E-state index is -3.56. The molecule has 0 saturated heterocycles. The van der Waals surface area contributed by atoms with Gasteiger partial charge in [0, 0.05) is 17.5 Å². The average Bonchev–Trinajstić information content (AvgIpc) is 2.63. The van der Waals surface area contributed by atoms with Gasteiger partial charge in [-0.2, -0.15) is 0 Å². The zero-order valence-electron chi connectivity index (χ0n) is 16.4. The van der Waals surface area contributed by atoms with Gasteiger partial charge in [-0.25, -0.2) is 0 Å². The Bertz CT molecular complexity index is 851. The van der Waals surface area contributed by atoms with Gasteiger partial charge in [-0.15, -0.1) is 0 Å². The number of aromatic nitrogens is 1. The molecule has 27 heavy (non-hydrogen) atoms. The largest absolute Gasteiger partial charge is 0.504 e. The Balaban J connectivity index is 2.68. The summed E-state index contributed by atoms with van der Waals surface area (Å²) in [6, 6.07) is 7.13. The molecule has 0 spiro atoms. The zero-order valence-corrected chi connectivity index (χ0v) is 17.2. The molecule has 7 heteroatoms. The first-order valence-electron chi connectivity index (χ1n) is 8.76. The van der Waals surface area contributed by atoms with Gasteiger partial charge in [0.05, 0.1) is 25.6 Å². The Morgan fingerprint density at radius 1 is 1.19 bits per heavy atom. The maximum absolute atomic E-state index is 13.5. The molecule has 0 amide bonds. The fourth-order valence-corrected chi connectivity index (χ4v) is 4.42. The molecule has 0 aliphatic rings. The summed E-state index contributed by atoms with van der Waals surface area (Å²) >= 11 is 0. The van der Waals surface area contributed by atoms with Crippen LogP contribution in [0.5, 0.6) is 11.5 Å². The Labute approximate surface area is 160 Å². The van der Waals surface area contributed by atoms with Crippen LogP contribution in [0.15, 0.2) is 30.5 Å². The van der Waals surface area contributed by atoms with Gasteiger partial charge in [-0.1, -0.05) is 6.07 Å². The number of phenols is 1. The number of nitrogens with zero attached hydrogens (tertiary/aromatic N) is 1. The van der Waals surface area contributed by atoms with E-state index in [1.165, 1.54) is 7.11 Å². The van der Waals surface area contributed by atoms with Gasteiger partial charge in [0.2, 0.25) is 0 Å². The van der Waals surface area contributed by atoms with E-state index < -0.39 is 7.60 Å². The normalized spacial score (nSPS) is 12.3. The number of aryl methyl sites for hydroxylation is 2. The maximum Gasteiger partial charge on any atom is 0.361 e. The predicted molar refractivity (Wildman–Crippen MR) is 107 cm³/mol. The molecule has 0 atom stereocenters. The van der Waals surface area contributed by atoms with Crippen LogP contribution >= 0.6 is 7.60 Å². The fourth-order valence-electron chi connectivity index (χ4n) is 2.63. The minimum Gasteiger partial charge on any atom is -0.504 e. The quantitative estimate of drug-likeness (QED) is 0.625. The van der Waals surface area contributed by atoms with E-state index in [0.717, 1.165) is 5.69 Å². The molecular weight excluding hydrogens is 365 g/mol. The van der Waals surface area contributed by atoms with Crippen molar-refractivity contribution in [3.63, 3.8) is 0 Å². The van der Waals surface area contributed by atoms with E-state index in [2.05, 4.69) is 4.98 Å². The van der Waals surface area contributed by atoms with Crippen molar-refractivity contribution in [3.8, 4) is 11.5 Å². The molecule has 6 nitrogen and oxygen atoms in total. The summed E-state index contributed by atoms with van der Waals surface area (Å²) in [4.78, 5) is 4.30. The molecule has 0 unspecified atom stereocenters. The van der Waals surface area contributed by atoms with Gasteiger partial charge >= 0.3 is 7.60 Å². The highest BCUT2D eigenvalue weighted by Gasteiger charge is 2.31. The van der Waals surface area contributed by atoms with E-state index in [4.69, 9.17) is 13.8 Å². The molecular formula is C20H26NO5P. The van der Waals surface area contributed by atoms with Gasteiger partial charge in [0.25, 0.3) is 0 Å². The molecule has 1 aromatic carbocycles. The number of phenolic OH excluding ortho intramolecular Hbond substituents is 1. The lowest BCUT2D eigenvalue weighted by atomic mass is 10.1. The lowest BCUT2D eigenvalue weighted by Crippen LogP contribution is -2.00. The minimum absolute atomic E-state index is 0.0750. The van der Waals surface area contributed by atoms with Crippen molar-refractivity contribution in [2.24, 2.45) is 0 Å². The lowest BCUT2D eigenvalue weighted by Gasteiger charge is -2.20. The molecule has 146 valence electrons. The topological polar surface area (TPSA) is 77.9 Å². The Kier molecular flexibility index (Phi) is 7.19. The monoisotopic (exact) mass is 391 g/mol. The molecule has 0 aliphatic heterocycles. The van der Waals surface area contributed by atoms with E-state index in [1.807, 2.05) is 19.1 Å². The van der Waals surface area contributed by atoms with Crippen LogP contribution < -0.4 is 4.74 Å². The molecule has 0 aliphatic carbocycles. The highest BCUT2D eigenvalue weighted by Crippen LogP contribution is 2.61. The first-order valence-corrected chi connectivity index (χ1v) is 10.3. The lowest BCUT2D eigenvalue weighted by molar-refractivity contribution is 0.231. The van der Waals surface area contributed by atoms with Crippen LogP contribution in [0.4, 0.5) is 0 Å². The first kappa shape index (κ1) is 21.2. The number of pyridine rings is 1. The highest BCUT2D eigenvalue weighted by molar-refractivity contribution is 7.65. The predicted octanol–water partition coefficient (Wildman–Crippen LogP) is 5.18. The second-order valence-corrected chi connectivity index (χ2v) is 7.93. The summed E-state index contributed by atoms with van der Waals surface area (Å²) in [6.07, 6.45) is 3.38. The second kappa shape index (κ2) is 9.18. The van der Waals surface area contributed by atoms with Crippen LogP contribution in [0.1, 0.15) is 36.2 Å². The Morgan fingerprint density at radius 3 is 2.37 bits per heavy atom. The van der Waals surface area contributed by atoms with Gasteiger partial charge < -0.3 is 18.9 Å². The first-order chi connectivity index (χ1) is 12.8. The number of hydrogen-bond donors (Lipinski definition) is 1. The third kappa shape index (κ3) is 4.98.